The highest BCUT2D eigenvalue weighted by molar-refractivity contribution is 5.98. The smallest absolute Gasteiger partial charge is 0.257 e. The molecule has 1 aromatic rings. The first-order chi connectivity index (χ1) is 9.65. The third-order valence-corrected chi connectivity index (χ3v) is 4.14. The number of aromatic nitrogens is 1. The molecule has 0 aromatic carbocycles. The van der Waals surface area contributed by atoms with Crippen molar-refractivity contribution in [3.05, 3.63) is 23.9 Å². The van der Waals surface area contributed by atoms with Gasteiger partial charge in [0.1, 0.15) is 5.82 Å². The molecule has 2 aliphatic rings. The standard InChI is InChI=1S/C15H22N4O.2ClH/c1-10(2)18-14-13(4-3-5-17-14)15(20)19-8-11-6-16-7-12(11)9-19;;/h3-5,10-12,16H,6-9H2,1-2H3,(H,17,18);2*1H/t11-,12+;;. The largest absolute Gasteiger partial charge is 0.367 e. The average Bonchev–Trinajstić information content (AvgIpc) is 2.98. The van der Waals surface area contributed by atoms with Crippen LogP contribution in [0.4, 0.5) is 5.82 Å². The van der Waals surface area contributed by atoms with Crippen molar-refractivity contribution in [1.29, 1.82) is 0 Å². The number of anilines is 1. The van der Waals surface area contributed by atoms with Crippen LogP contribution in [0.3, 0.4) is 0 Å². The molecule has 3 heterocycles. The predicted octanol–water partition coefficient (Wildman–Crippen LogP) is 2.04. The van der Waals surface area contributed by atoms with Crippen molar-refractivity contribution < 1.29 is 4.79 Å². The fourth-order valence-electron chi connectivity index (χ4n) is 3.16. The minimum atomic E-state index is 0. The number of carbonyl (C=O) groups excluding carboxylic acids is 1. The Kier molecular flexibility index (Phi) is 6.91. The van der Waals surface area contributed by atoms with Crippen LogP contribution in [-0.2, 0) is 0 Å². The van der Waals surface area contributed by atoms with E-state index in [0.29, 0.717) is 23.2 Å². The second-order valence-electron chi connectivity index (χ2n) is 6.09. The summed E-state index contributed by atoms with van der Waals surface area (Å²) in [7, 11) is 0. The third kappa shape index (κ3) is 3.83. The van der Waals surface area contributed by atoms with Gasteiger partial charge in [0.25, 0.3) is 5.91 Å². The Balaban J connectivity index is 0.00000121. The van der Waals surface area contributed by atoms with E-state index >= 15 is 0 Å². The Labute approximate surface area is 144 Å². The number of nitrogens with zero attached hydrogens (tertiary/aromatic N) is 2. The minimum Gasteiger partial charge on any atom is -0.367 e. The highest BCUT2D eigenvalue weighted by atomic mass is 35.5. The van der Waals surface area contributed by atoms with Gasteiger partial charge in [0.15, 0.2) is 0 Å². The molecule has 1 amide bonds. The average molecular weight is 347 g/mol. The molecule has 0 spiro atoms. The second kappa shape index (κ2) is 7.99. The zero-order chi connectivity index (χ0) is 14.1. The van der Waals surface area contributed by atoms with Gasteiger partial charge in [-0.3, -0.25) is 4.79 Å². The molecule has 7 heteroatoms. The molecule has 3 rings (SSSR count). The first-order valence-electron chi connectivity index (χ1n) is 7.36. The SMILES string of the molecule is CC(C)Nc1ncccc1C(=O)N1C[C@H]2CNC[C@H]2C1.Cl.Cl. The Hall–Kier alpha value is -1.04. The molecule has 124 valence electrons. The summed E-state index contributed by atoms with van der Waals surface area (Å²) in [6.07, 6.45) is 1.73. The monoisotopic (exact) mass is 346 g/mol. The predicted molar refractivity (Wildman–Crippen MR) is 93.2 cm³/mol. The van der Waals surface area contributed by atoms with Gasteiger partial charge in [0.2, 0.25) is 0 Å². The normalized spacial score (nSPS) is 22.8. The topological polar surface area (TPSA) is 57.3 Å². The molecule has 0 bridgehead atoms. The number of pyridine rings is 1. The maximum absolute atomic E-state index is 12.7. The summed E-state index contributed by atoms with van der Waals surface area (Å²) in [6, 6.07) is 3.96. The highest BCUT2D eigenvalue weighted by Crippen LogP contribution is 2.28. The number of rotatable bonds is 3. The van der Waals surface area contributed by atoms with Crippen LogP contribution in [0.2, 0.25) is 0 Å². The van der Waals surface area contributed by atoms with E-state index in [-0.39, 0.29) is 36.8 Å². The van der Waals surface area contributed by atoms with Gasteiger partial charge in [0.05, 0.1) is 5.56 Å². The van der Waals surface area contributed by atoms with E-state index in [4.69, 9.17) is 0 Å². The zero-order valence-electron chi connectivity index (χ0n) is 12.9. The van der Waals surface area contributed by atoms with Crippen LogP contribution in [0.5, 0.6) is 0 Å². The number of carbonyl (C=O) groups is 1. The number of likely N-dealkylation sites (tertiary alicyclic amines) is 1. The maximum Gasteiger partial charge on any atom is 0.257 e. The number of fused-ring (bicyclic) bond motifs is 1. The summed E-state index contributed by atoms with van der Waals surface area (Å²) in [5.41, 5.74) is 0.689. The molecule has 2 aliphatic heterocycles. The molecular formula is C15H24Cl2N4O. The lowest BCUT2D eigenvalue weighted by Gasteiger charge is -2.20. The lowest BCUT2D eigenvalue weighted by atomic mass is 10.0. The number of nitrogens with one attached hydrogen (secondary N) is 2. The molecule has 2 saturated heterocycles. The van der Waals surface area contributed by atoms with Crippen molar-refractivity contribution in [2.45, 2.75) is 19.9 Å². The Morgan fingerprint density at radius 1 is 1.32 bits per heavy atom. The van der Waals surface area contributed by atoms with E-state index in [1.54, 1.807) is 6.20 Å². The number of halogens is 2. The molecule has 5 nitrogen and oxygen atoms in total. The lowest BCUT2D eigenvalue weighted by Crippen LogP contribution is -2.32. The fourth-order valence-corrected chi connectivity index (χ4v) is 3.16. The van der Waals surface area contributed by atoms with Gasteiger partial charge in [-0.15, -0.1) is 24.8 Å². The summed E-state index contributed by atoms with van der Waals surface area (Å²) in [4.78, 5) is 19.0. The van der Waals surface area contributed by atoms with Crippen molar-refractivity contribution in [3.63, 3.8) is 0 Å². The molecular weight excluding hydrogens is 323 g/mol. The molecule has 22 heavy (non-hydrogen) atoms. The van der Waals surface area contributed by atoms with E-state index in [0.717, 1.165) is 26.2 Å². The first kappa shape index (κ1) is 19.0. The van der Waals surface area contributed by atoms with Crippen LogP contribution in [0, 0.1) is 11.8 Å². The highest BCUT2D eigenvalue weighted by Gasteiger charge is 2.38. The van der Waals surface area contributed by atoms with Crippen LogP contribution < -0.4 is 10.6 Å². The van der Waals surface area contributed by atoms with E-state index in [2.05, 4.69) is 29.5 Å². The molecule has 0 saturated carbocycles. The van der Waals surface area contributed by atoms with Crippen molar-refractivity contribution in [1.82, 2.24) is 15.2 Å². The first-order valence-corrected chi connectivity index (χ1v) is 7.36. The van der Waals surface area contributed by atoms with E-state index in [9.17, 15) is 4.79 Å². The summed E-state index contributed by atoms with van der Waals surface area (Å²) in [5.74, 6) is 2.05. The number of hydrogen-bond donors (Lipinski definition) is 2. The summed E-state index contributed by atoms with van der Waals surface area (Å²) in [5, 5.41) is 6.66. The van der Waals surface area contributed by atoms with Gasteiger partial charge in [0, 0.05) is 38.4 Å². The summed E-state index contributed by atoms with van der Waals surface area (Å²) < 4.78 is 0. The van der Waals surface area contributed by atoms with Crippen LogP contribution in [0.15, 0.2) is 18.3 Å². The Bertz CT molecular complexity index is 500. The van der Waals surface area contributed by atoms with Crippen LogP contribution >= 0.6 is 24.8 Å². The second-order valence-corrected chi connectivity index (χ2v) is 6.09. The Morgan fingerprint density at radius 3 is 2.55 bits per heavy atom. The van der Waals surface area contributed by atoms with Gasteiger partial charge >= 0.3 is 0 Å². The van der Waals surface area contributed by atoms with Crippen LogP contribution in [-0.4, -0.2) is 48.0 Å². The van der Waals surface area contributed by atoms with Gasteiger partial charge in [-0.25, -0.2) is 4.98 Å². The van der Waals surface area contributed by atoms with Gasteiger partial charge < -0.3 is 15.5 Å². The number of amides is 1. The van der Waals surface area contributed by atoms with Gasteiger partial charge in [-0.05, 0) is 37.8 Å². The Morgan fingerprint density at radius 2 is 1.95 bits per heavy atom. The van der Waals surface area contributed by atoms with Crippen molar-refractivity contribution >= 4 is 36.5 Å². The van der Waals surface area contributed by atoms with Gasteiger partial charge in [-0.1, -0.05) is 0 Å². The lowest BCUT2D eigenvalue weighted by molar-refractivity contribution is 0.0782. The van der Waals surface area contributed by atoms with Crippen LogP contribution in [0.25, 0.3) is 0 Å². The van der Waals surface area contributed by atoms with Crippen molar-refractivity contribution in [3.8, 4) is 0 Å². The van der Waals surface area contributed by atoms with E-state index < -0.39 is 0 Å². The van der Waals surface area contributed by atoms with E-state index in [1.807, 2.05) is 17.0 Å². The third-order valence-electron chi connectivity index (χ3n) is 4.14. The van der Waals surface area contributed by atoms with E-state index in [1.165, 1.54) is 0 Å². The fraction of sp³-hybridized carbons (Fsp3) is 0.600. The quantitative estimate of drug-likeness (QED) is 0.879. The van der Waals surface area contributed by atoms with Crippen molar-refractivity contribution in [2.75, 3.05) is 31.5 Å². The molecule has 2 fully saturated rings. The summed E-state index contributed by atoms with van der Waals surface area (Å²) >= 11 is 0. The molecule has 2 N–H and O–H groups in total. The molecule has 1 aromatic heterocycles. The van der Waals surface area contributed by atoms with Gasteiger partial charge in [-0.2, -0.15) is 0 Å². The van der Waals surface area contributed by atoms with Crippen LogP contribution in [0.1, 0.15) is 24.2 Å². The van der Waals surface area contributed by atoms with Crippen molar-refractivity contribution in [2.24, 2.45) is 11.8 Å². The number of hydrogen-bond acceptors (Lipinski definition) is 4. The molecule has 0 aliphatic carbocycles. The molecule has 2 atom stereocenters. The summed E-state index contributed by atoms with van der Waals surface area (Å²) in [6.45, 7) is 7.92. The molecule has 0 unspecified atom stereocenters. The zero-order valence-corrected chi connectivity index (χ0v) is 14.5. The molecule has 0 radical (unpaired) electrons. The minimum absolute atomic E-state index is 0. The maximum atomic E-state index is 12.7.